The number of rotatable bonds is 6. The first kappa shape index (κ1) is 19.8. The molecule has 6 heteroatoms. The number of benzene rings is 3. The number of hydrogen-bond acceptors (Lipinski definition) is 4. The quantitative estimate of drug-likeness (QED) is 0.529. The van der Waals surface area contributed by atoms with Crippen LogP contribution in [0, 0.1) is 12.7 Å². The van der Waals surface area contributed by atoms with E-state index in [-0.39, 0.29) is 24.5 Å². The van der Waals surface area contributed by atoms with Gasteiger partial charge in [0.25, 0.3) is 5.56 Å². The first-order valence-electron chi connectivity index (χ1n) is 9.64. The van der Waals surface area contributed by atoms with Crippen LogP contribution in [-0.2, 0) is 6.54 Å². The molecule has 4 aromatic rings. The number of halogens is 1. The standard InChI is InChI=1S/C24H21FN2O3/c1-16-5-4-6-20(13-16)30-15-19(28)14-27-24(29)22-8-3-2-7-21(22)23(26-27)17-9-11-18(25)12-10-17/h2-13,19,28H,14-15H2,1H3/t19-/m0/s1. The largest absolute Gasteiger partial charge is 0.491 e. The van der Waals surface area contributed by atoms with Crippen LogP contribution >= 0.6 is 0 Å². The van der Waals surface area contributed by atoms with Gasteiger partial charge in [-0.25, -0.2) is 9.07 Å². The molecule has 30 heavy (non-hydrogen) atoms. The minimum absolute atomic E-state index is 0.0241. The molecule has 0 aliphatic carbocycles. The van der Waals surface area contributed by atoms with Gasteiger partial charge in [-0.1, -0.05) is 30.3 Å². The number of aliphatic hydroxyl groups is 1. The Bertz CT molecular complexity index is 1240. The Morgan fingerprint density at radius 3 is 2.50 bits per heavy atom. The molecule has 0 saturated heterocycles. The number of ether oxygens (including phenoxy) is 1. The van der Waals surface area contributed by atoms with E-state index in [1.54, 1.807) is 24.3 Å². The van der Waals surface area contributed by atoms with E-state index < -0.39 is 6.10 Å². The second-order valence-corrected chi connectivity index (χ2v) is 7.17. The first-order chi connectivity index (χ1) is 14.5. The number of aliphatic hydroxyl groups excluding tert-OH is 1. The molecule has 3 aromatic carbocycles. The summed E-state index contributed by atoms with van der Waals surface area (Å²) in [5.41, 5.74) is 1.99. The summed E-state index contributed by atoms with van der Waals surface area (Å²) < 4.78 is 20.2. The predicted octanol–water partition coefficient (Wildman–Crippen LogP) is 3.95. The van der Waals surface area contributed by atoms with E-state index in [1.807, 2.05) is 43.3 Å². The summed E-state index contributed by atoms with van der Waals surface area (Å²) in [7, 11) is 0. The van der Waals surface area contributed by atoms with E-state index in [9.17, 15) is 14.3 Å². The van der Waals surface area contributed by atoms with Crippen LogP contribution in [0.15, 0.2) is 77.6 Å². The number of nitrogens with zero attached hydrogens (tertiary/aromatic N) is 2. The average molecular weight is 404 g/mol. The Morgan fingerprint density at radius 1 is 1.03 bits per heavy atom. The van der Waals surface area contributed by atoms with Crippen LogP contribution in [0.1, 0.15) is 5.56 Å². The Balaban J connectivity index is 1.64. The molecule has 1 atom stereocenters. The highest BCUT2D eigenvalue weighted by Crippen LogP contribution is 2.24. The molecule has 0 fully saturated rings. The molecule has 0 radical (unpaired) electrons. The van der Waals surface area contributed by atoms with E-state index in [1.165, 1.54) is 16.8 Å². The average Bonchev–Trinajstić information content (AvgIpc) is 2.75. The summed E-state index contributed by atoms with van der Waals surface area (Å²) in [4.78, 5) is 12.9. The van der Waals surface area contributed by atoms with Crippen LogP contribution < -0.4 is 10.3 Å². The zero-order chi connectivity index (χ0) is 21.1. The first-order valence-corrected chi connectivity index (χ1v) is 9.64. The Kier molecular flexibility index (Phi) is 5.59. The Hall–Kier alpha value is -3.51. The lowest BCUT2D eigenvalue weighted by molar-refractivity contribution is 0.0882. The molecule has 5 nitrogen and oxygen atoms in total. The van der Waals surface area contributed by atoms with Gasteiger partial charge in [-0.3, -0.25) is 4.79 Å². The molecular weight excluding hydrogens is 383 g/mol. The monoisotopic (exact) mass is 404 g/mol. The van der Waals surface area contributed by atoms with E-state index in [2.05, 4.69) is 5.10 Å². The summed E-state index contributed by atoms with van der Waals surface area (Å²) in [6.07, 6.45) is -0.932. The third-order valence-electron chi connectivity index (χ3n) is 4.80. The third-order valence-corrected chi connectivity index (χ3v) is 4.80. The highest BCUT2D eigenvalue weighted by Gasteiger charge is 2.15. The molecule has 0 bridgehead atoms. The van der Waals surface area contributed by atoms with E-state index in [0.29, 0.717) is 27.8 Å². The summed E-state index contributed by atoms with van der Waals surface area (Å²) in [5.74, 6) is 0.306. The van der Waals surface area contributed by atoms with Crippen molar-refractivity contribution in [2.75, 3.05) is 6.61 Å². The molecule has 0 saturated carbocycles. The van der Waals surface area contributed by atoms with Gasteiger partial charge >= 0.3 is 0 Å². The zero-order valence-electron chi connectivity index (χ0n) is 16.5. The number of hydrogen-bond donors (Lipinski definition) is 1. The molecule has 0 aliphatic rings. The minimum Gasteiger partial charge on any atom is -0.491 e. The molecule has 0 amide bonds. The Morgan fingerprint density at radius 2 is 1.77 bits per heavy atom. The molecule has 152 valence electrons. The third kappa shape index (κ3) is 4.23. The molecule has 1 heterocycles. The van der Waals surface area contributed by atoms with Gasteiger partial charge < -0.3 is 9.84 Å². The van der Waals surface area contributed by atoms with Crippen LogP contribution in [0.5, 0.6) is 5.75 Å². The van der Waals surface area contributed by atoms with Crippen molar-refractivity contribution in [1.82, 2.24) is 9.78 Å². The van der Waals surface area contributed by atoms with Crippen LogP contribution in [0.25, 0.3) is 22.0 Å². The molecular formula is C24H21FN2O3. The van der Waals surface area contributed by atoms with Crippen molar-refractivity contribution in [2.45, 2.75) is 19.6 Å². The topological polar surface area (TPSA) is 64.3 Å². The molecule has 1 aromatic heterocycles. The van der Waals surface area contributed by atoms with Gasteiger partial charge in [0, 0.05) is 10.9 Å². The fraction of sp³-hybridized carbons (Fsp3) is 0.167. The van der Waals surface area contributed by atoms with Gasteiger partial charge in [0.05, 0.1) is 17.6 Å². The van der Waals surface area contributed by atoms with Crippen molar-refractivity contribution in [3.8, 4) is 17.0 Å². The fourth-order valence-electron chi connectivity index (χ4n) is 3.33. The molecule has 4 rings (SSSR count). The lowest BCUT2D eigenvalue weighted by Gasteiger charge is -2.15. The maximum atomic E-state index is 13.4. The van der Waals surface area contributed by atoms with Crippen molar-refractivity contribution in [3.63, 3.8) is 0 Å². The second kappa shape index (κ2) is 8.47. The molecule has 1 N–H and O–H groups in total. The summed E-state index contributed by atoms with van der Waals surface area (Å²) >= 11 is 0. The lowest BCUT2D eigenvalue weighted by Crippen LogP contribution is -2.32. The van der Waals surface area contributed by atoms with Gasteiger partial charge in [-0.05, 0) is 55.0 Å². The maximum absolute atomic E-state index is 13.4. The molecule has 0 spiro atoms. The Labute approximate surface area is 173 Å². The van der Waals surface area contributed by atoms with Crippen molar-refractivity contribution in [2.24, 2.45) is 0 Å². The van der Waals surface area contributed by atoms with Gasteiger partial charge in [0.2, 0.25) is 0 Å². The normalized spacial score (nSPS) is 12.1. The van der Waals surface area contributed by atoms with Crippen molar-refractivity contribution in [3.05, 3.63) is 94.5 Å². The number of fused-ring (bicyclic) bond motifs is 1. The molecule has 0 aliphatic heterocycles. The SMILES string of the molecule is Cc1cccc(OC[C@@H](O)Cn2nc(-c3ccc(F)cc3)c3ccccc3c2=O)c1. The van der Waals surface area contributed by atoms with Crippen LogP contribution in [-0.4, -0.2) is 27.6 Å². The lowest BCUT2D eigenvalue weighted by atomic mass is 10.1. The maximum Gasteiger partial charge on any atom is 0.274 e. The summed E-state index contributed by atoms with van der Waals surface area (Å²) in [6, 6.07) is 20.6. The van der Waals surface area contributed by atoms with E-state index in [0.717, 1.165) is 5.56 Å². The predicted molar refractivity (Wildman–Crippen MR) is 114 cm³/mol. The summed E-state index contributed by atoms with van der Waals surface area (Å²) in [5, 5.41) is 16.1. The van der Waals surface area contributed by atoms with Crippen LogP contribution in [0.2, 0.25) is 0 Å². The highest BCUT2D eigenvalue weighted by atomic mass is 19.1. The number of aryl methyl sites for hydroxylation is 1. The number of aromatic nitrogens is 2. The minimum atomic E-state index is -0.932. The van der Waals surface area contributed by atoms with Crippen molar-refractivity contribution >= 4 is 10.8 Å². The summed E-state index contributed by atoms with van der Waals surface area (Å²) in [6.45, 7) is 1.96. The van der Waals surface area contributed by atoms with Crippen molar-refractivity contribution in [1.29, 1.82) is 0 Å². The van der Waals surface area contributed by atoms with Gasteiger partial charge in [0.1, 0.15) is 24.3 Å². The molecule has 0 unspecified atom stereocenters. The van der Waals surface area contributed by atoms with Crippen molar-refractivity contribution < 1.29 is 14.2 Å². The van der Waals surface area contributed by atoms with Gasteiger partial charge in [0.15, 0.2) is 0 Å². The smallest absolute Gasteiger partial charge is 0.274 e. The fourth-order valence-corrected chi connectivity index (χ4v) is 3.33. The van der Waals surface area contributed by atoms with E-state index in [4.69, 9.17) is 4.74 Å². The van der Waals surface area contributed by atoms with Gasteiger partial charge in [-0.15, -0.1) is 0 Å². The highest BCUT2D eigenvalue weighted by molar-refractivity contribution is 5.93. The van der Waals surface area contributed by atoms with Gasteiger partial charge in [-0.2, -0.15) is 5.10 Å². The van der Waals surface area contributed by atoms with Crippen LogP contribution in [0.4, 0.5) is 4.39 Å². The van der Waals surface area contributed by atoms with E-state index >= 15 is 0 Å². The zero-order valence-corrected chi connectivity index (χ0v) is 16.5. The second-order valence-electron chi connectivity index (χ2n) is 7.17. The van der Waals surface area contributed by atoms with Crippen LogP contribution in [0.3, 0.4) is 0 Å².